The van der Waals surface area contributed by atoms with Crippen molar-refractivity contribution in [2.24, 2.45) is 0 Å². The zero-order chi connectivity index (χ0) is 14.2. The number of benzene rings is 1. The Morgan fingerprint density at radius 1 is 1.21 bits per heavy atom. The average molecular weight is 283 g/mol. The summed E-state index contributed by atoms with van der Waals surface area (Å²) in [6.07, 6.45) is 0. The molecule has 19 heavy (non-hydrogen) atoms. The normalized spacial score (nSPS) is 12.5. The molecule has 1 atom stereocenters. The Morgan fingerprint density at radius 3 is 2.37 bits per heavy atom. The van der Waals surface area contributed by atoms with E-state index in [9.17, 15) is 4.39 Å². The maximum atomic E-state index is 14.0. The first-order valence-electron chi connectivity index (χ1n) is 5.99. The van der Waals surface area contributed by atoms with Gasteiger partial charge in [0.2, 0.25) is 0 Å². The third-order valence-corrected chi connectivity index (χ3v) is 3.81. The number of aryl methyl sites for hydroxylation is 2. The maximum absolute atomic E-state index is 14.0. The fraction of sp³-hybridized carbons (Fsp3) is 0.333. The molecule has 0 radical (unpaired) electrons. The summed E-state index contributed by atoms with van der Waals surface area (Å²) in [6, 6.07) is 4.68. The predicted molar refractivity (Wildman–Crippen MR) is 73.6 cm³/mol. The molecule has 2 aromatic rings. The van der Waals surface area contributed by atoms with Crippen molar-refractivity contribution in [1.29, 1.82) is 0 Å². The monoisotopic (exact) mass is 282 g/mol. The van der Waals surface area contributed by atoms with E-state index < -0.39 is 5.38 Å². The van der Waals surface area contributed by atoms with Gasteiger partial charge in [0.1, 0.15) is 23.1 Å². The highest BCUT2D eigenvalue weighted by atomic mass is 35.5. The van der Waals surface area contributed by atoms with Gasteiger partial charge in [-0.1, -0.05) is 6.07 Å². The van der Waals surface area contributed by atoms with Gasteiger partial charge in [-0.25, -0.2) is 4.39 Å². The minimum atomic E-state index is -0.566. The van der Waals surface area contributed by atoms with Gasteiger partial charge in [0.05, 0.1) is 12.5 Å². The fourth-order valence-electron chi connectivity index (χ4n) is 2.18. The third-order valence-electron chi connectivity index (χ3n) is 3.35. The van der Waals surface area contributed by atoms with Crippen LogP contribution >= 0.6 is 11.6 Å². The molecule has 2 rings (SSSR count). The van der Waals surface area contributed by atoms with Crippen molar-refractivity contribution >= 4 is 11.6 Å². The molecule has 0 aliphatic heterocycles. The third kappa shape index (κ3) is 2.47. The van der Waals surface area contributed by atoms with Gasteiger partial charge in [-0.3, -0.25) is 0 Å². The van der Waals surface area contributed by atoms with Crippen LogP contribution in [0.2, 0.25) is 0 Å². The molecule has 4 heteroatoms. The van der Waals surface area contributed by atoms with E-state index in [0.717, 1.165) is 22.6 Å². The summed E-state index contributed by atoms with van der Waals surface area (Å²) in [6.45, 7) is 5.64. The topological polar surface area (TPSA) is 22.4 Å². The maximum Gasteiger partial charge on any atom is 0.131 e. The lowest BCUT2D eigenvalue weighted by molar-refractivity contribution is 0.410. The molecule has 102 valence electrons. The number of ether oxygens (including phenoxy) is 1. The fourth-order valence-corrected chi connectivity index (χ4v) is 2.67. The SMILES string of the molecule is COc1ccc(C(Cl)c2c(C)oc(C)c2C)c(F)c1. The molecule has 1 unspecified atom stereocenters. The van der Waals surface area contributed by atoms with Gasteiger partial charge >= 0.3 is 0 Å². The van der Waals surface area contributed by atoms with E-state index in [1.165, 1.54) is 13.2 Å². The van der Waals surface area contributed by atoms with Crippen LogP contribution in [0, 0.1) is 26.6 Å². The van der Waals surface area contributed by atoms with Gasteiger partial charge in [-0.2, -0.15) is 0 Å². The van der Waals surface area contributed by atoms with Crippen molar-refractivity contribution in [1.82, 2.24) is 0 Å². The van der Waals surface area contributed by atoms with Crippen LogP contribution in [-0.2, 0) is 0 Å². The summed E-state index contributed by atoms with van der Waals surface area (Å²) in [5, 5.41) is -0.566. The van der Waals surface area contributed by atoms with E-state index in [0.29, 0.717) is 11.3 Å². The van der Waals surface area contributed by atoms with E-state index in [2.05, 4.69) is 0 Å². The number of halogens is 2. The second-order valence-corrected chi connectivity index (χ2v) is 4.94. The zero-order valence-corrected chi connectivity index (χ0v) is 12.1. The molecular formula is C15H16ClFO2. The van der Waals surface area contributed by atoms with Crippen molar-refractivity contribution < 1.29 is 13.5 Å². The first-order chi connectivity index (χ1) is 8.95. The van der Waals surface area contributed by atoms with Gasteiger partial charge in [0.25, 0.3) is 0 Å². The Kier molecular flexibility index (Phi) is 3.85. The first-order valence-corrected chi connectivity index (χ1v) is 6.43. The van der Waals surface area contributed by atoms with Crippen LogP contribution in [0.4, 0.5) is 4.39 Å². The molecule has 1 heterocycles. The lowest BCUT2D eigenvalue weighted by Gasteiger charge is -2.12. The molecule has 0 bridgehead atoms. The van der Waals surface area contributed by atoms with E-state index in [4.69, 9.17) is 20.8 Å². The Balaban J connectivity index is 2.47. The van der Waals surface area contributed by atoms with Crippen LogP contribution in [0.15, 0.2) is 22.6 Å². The number of rotatable bonds is 3. The lowest BCUT2D eigenvalue weighted by Crippen LogP contribution is -2.00. The van der Waals surface area contributed by atoms with Crippen LogP contribution in [0.25, 0.3) is 0 Å². The molecule has 0 amide bonds. The highest BCUT2D eigenvalue weighted by Crippen LogP contribution is 2.37. The van der Waals surface area contributed by atoms with Crippen molar-refractivity contribution in [3.05, 3.63) is 52.2 Å². The summed E-state index contributed by atoms with van der Waals surface area (Å²) in [4.78, 5) is 0. The molecule has 0 saturated carbocycles. The smallest absolute Gasteiger partial charge is 0.131 e. The molecule has 0 aliphatic rings. The first kappa shape index (κ1) is 13.9. The van der Waals surface area contributed by atoms with Crippen LogP contribution < -0.4 is 4.74 Å². The van der Waals surface area contributed by atoms with Gasteiger partial charge in [0.15, 0.2) is 0 Å². The van der Waals surface area contributed by atoms with Crippen molar-refractivity contribution in [3.63, 3.8) is 0 Å². The second kappa shape index (κ2) is 5.25. The van der Waals surface area contributed by atoms with E-state index in [1.807, 2.05) is 20.8 Å². The van der Waals surface area contributed by atoms with Gasteiger partial charge < -0.3 is 9.15 Å². The number of methoxy groups -OCH3 is 1. The molecular weight excluding hydrogens is 267 g/mol. The van der Waals surface area contributed by atoms with Crippen LogP contribution in [0.1, 0.15) is 33.6 Å². The summed E-state index contributed by atoms with van der Waals surface area (Å²) >= 11 is 6.42. The largest absolute Gasteiger partial charge is 0.497 e. The average Bonchev–Trinajstić information content (AvgIpc) is 2.62. The molecule has 0 spiro atoms. The van der Waals surface area contributed by atoms with Gasteiger partial charge in [0, 0.05) is 17.2 Å². The molecule has 1 aromatic heterocycles. The zero-order valence-electron chi connectivity index (χ0n) is 11.4. The number of furan rings is 1. The molecule has 0 saturated heterocycles. The minimum absolute atomic E-state index is 0.378. The minimum Gasteiger partial charge on any atom is -0.497 e. The molecule has 2 nitrogen and oxygen atoms in total. The Bertz CT molecular complexity index is 604. The van der Waals surface area contributed by atoms with Crippen molar-refractivity contribution in [3.8, 4) is 5.75 Å². The molecule has 0 N–H and O–H groups in total. The Labute approximate surface area is 117 Å². The summed E-state index contributed by atoms with van der Waals surface area (Å²) in [5.74, 6) is 1.64. The van der Waals surface area contributed by atoms with E-state index in [-0.39, 0.29) is 5.82 Å². The lowest BCUT2D eigenvalue weighted by atomic mass is 10.00. The summed E-state index contributed by atoms with van der Waals surface area (Å²) in [5.41, 5.74) is 2.23. The van der Waals surface area contributed by atoms with Gasteiger partial charge in [-0.15, -0.1) is 11.6 Å². The number of alkyl halides is 1. The van der Waals surface area contributed by atoms with E-state index >= 15 is 0 Å². The van der Waals surface area contributed by atoms with Crippen LogP contribution in [0.3, 0.4) is 0 Å². The predicted octanol–water partition coefficient (Wildman–Crippen LogP) is 4.68. The summed E-state index contributed by atoms with van der Waals surface area (Å²) < 4.78 is 24.6. The Hall–Kier alpha value is -1.48. The molecule has 0 fully saturated rings. The number of hydrogen-bond donors (Lipinski definition) is 0. The van der Waals surface area contributed by atoms with Crippen molar-refractivity contribution in [2.45, 2.75) is 26.1 Å². The molecule has 1 aromatic carbocycles. The Morgan fingerprint density at radius 2 is 1.89 bits per heavy atom. The second-order valence-electron chi connectivity index (χ2n) is 4.50. The highest BCUT2D eigenvalue weighted by molar-refractivity contribution is 6.22. The van der Waals surface area contributed by atoms with Crippen molar-refractivity contribution in [2.75, 3.05) is 7.11 Å². The van der Waals surface area contributed by atoms with Crippen LogP contribution in [0.5, 0.6) is 5.75 Å². The van der Waals surface area contributed by atoms with E-state index in [1.54, 1.807) is 12.1 Å². The van der Waals surface area contributed by atoms with Gasteiger partial charge in [-0.05, 0) is 32.4 Å². The highest BCUT2D eigenvalue weighted by Gasteiger charge is 2.23. The number of hydrogen-bond acceptors (Lipinski definition) is 2. The molecule has 0 aliphatic carbocycles. The van der Waals surface area contributed by atoms with Crippen LogP contribution in [-0.4, -0.2) is 7.11 Å². The summed E-state index contributed by atoms with van der Waals surface area (Å²) in [7, 11) is 1.50. The standard InChI is InChI=1S/C15H16ClFO2/c1-8-9(2)19-10(3)14(8)15(16)12-6-5-11(18-4)7-13(12)17/h5-7,15H,1-4H3. The quantitative estimate of drug-likeness (QED) is 0.763.